The van der Waals surface area contributed by atoms with Crippen molar-refractivity contribution < 1.29 is 4.92 Å². The van der Waals surface area contributed by atoms with Crippen molar-refractivity contribution in [2.45, 2.75) is 51.0 Å². The summed E-state index contributed by atoms with van der Waals surface area (Å²) >= 11 is 0. The second kappa shape index (κ2) is 5.84. The van der Waals surface area contributed by atoms with E-state index in [1.165, 1.54) is 38.4 Å². The minimum Gasteiger partial charge on any atom is -0.362 e. The Hall–Kier alpha value is -1.59. The van der Waals surface area contributed by atoms with Crippen molar-refractivity contribution in [1.29, 1.82) is 0 Å². The van der Waals surface area contributed by atoms with Crippen LogP contribution in [0.5, 0.6) is 0 Å². The predicted molar refractivity (Wildman–Crippen MR) is 69.6 cm³/mol. The molecule has 0 radical (unpaired) electrons. The Balaban J connectivity index is 2.07. The van der Waals surface area contributed by atoms with Crippen LogP contribution in [0.3, 0.4) is 0 Å². The van der Waals surface area contributed by atoms with Gasteiger partial charge in [0.25, 0.3) is 0 Å². The molecule has 1 saturated carbocycles. The third-order valence-electron chi connectivity index (χ3n) is 3.54. The maximum Gasteiger partial charge on any atom is 0.406 e. The average Bonchev–Trinajstić information content (AvgIpc) is 2.64. The van der Waals surface area contributed by atoms with Gasteiger partial charge < -0.3 is 15.4 Å². The first kappa shape index (κ1) is 12.9. The van der Waals surface area contributed by atoms with Crippen molar-refractivity contribution in [2.75, 3.05) is 5.32 Å². The molecule has 0 saturated heterocycles. The highest BCUT2D eigenvalue weighted by Gasteiger charge is 2.22. The van der Waals surface area contributed by atoms with Crippen molar-refractivity contribution in [3.8, 4) is 0 Å². The molecule has 1 aliphatic rings. The highest BCUT2D eigenvalue weighted by atomic mass is 16.6. The Morgan fingerprint density at radius 1 is 1.33 bits per heavy atom. The van der Waals surface area contributed by atoms with Gasteiger partial charge in [-0.25, -0.2) is 0 Å². The Labute approximate surface area is 107 Å². The Morgan fingerprint density at radius 2 is 1.94 bits per heavy atom. The maximum atomic E-state index is 10.9. The fourth-order valence-electron chi connectivity index (χ4n) is 2.51. The van der Waals surface area contributed by atoms with Crippen LogP contribution in [0.25, 0.3) is 0 Å². The van der Waals surface area contributed by atoms with Gasteiger partial charge in [-0.15, -0.1) is 0 Å². The van der Waals surface area contributed by atoms with E-state index in [2.05, 4.69) is 10.3 Å². The van der Waals surface area contributed by atoms with Gasteiger partial charge in [-0.1, -0.05) is 32.1 Å². The van der Waals surface area contributed by atoms with E-state index in [0.29, 0.717) is 11.9 Å². The minimum absolute atomic E-state index is 0.0699. The topological polar surface area (TPSA) is 73.0 Å². The monoisotopic (exact) mass is 252 g/mol. The van der Waals surface area contributed by atoms with E-state index in [1.54, 1.807) is 11.6 Å². The van der Waals surface area contributed by atoms with Crippen LogP contribution >= 0.6 is 0 Å². The summed E-state index contributed by atoms with van der Waals surface area (Å²) in [4.78, 5) is 14.3. The fourth-order valence-corrected chi connectivity index (χ4v) is 2.51. The van der Waals surface area contributed by atoms with Crippen molar-refractivity contribution in [3.05, 3.63) is 16.4 Å². The van der Waals surface area contributed by atoms with Crippen LogP contribution in [0.15, 0.2) is 6.33 Å². The molecule has 0 aromatic carbocycles. The lowest BCUT2D eigenvalue weighted by Gasteiger charge is -2.21. The normalized spacial score (nSPS) is 18.1. The lowest BCUT2D eigenvalue weighted by molar-refractivity contribution is -0.388. The number of nitrogens with zero attached hydrogens (tertiary/aromatic N) is 3. The predicted octanol–water partition coefficient (Wildman–Crippen LogP) is 2.85. The van der Waals surface area contributed by atoms with Crippen LogP contribution in [0.2, 0.25) is 0 Å². The second-order valence-corrected chi connectivity index (χ2v) is 4.97. The van der Waals surface area contributed by atoms with E-state index in [-0.39, 0.29) is 5.82 Å². The van der Waals surface area contributed by atoms with Gasteiger partial charge in [-0.2, -0.15) is 0 Å². The van der Waals surface area contributed by atoms with Crippen LogP contribution in [0.1, 0.15) is 44.9 Å². The van der Waals surface area contributed by atoms with Crippen molar-refractivity contribution in [3.63, 3.8) is 0 Å². The molecule has 18 heavy (non-hydrogen) atoms. The van der Waals surface area contributed by atoms with Gasteiger partial charge in [0, 0.05) is 13.1 Å². The first-order valence-corrected chi connectivity index (χ1v) is 6.60. The van der Waals surface area contributed by atoms with Crippen LogP contribution in [-0.4, -0.2) is 20.5 Å². The Kier molecular flexibility index (Phi) is 4.17. The van der Waals surface area contributed by atoms with E-state index in [4.69, 9.17) is 0 Å². The molecule has 6 heteroatoms. The molecule has 1 aromatic rings. The third kappa shape index (κ3) is 3.00. The summed E-state index contributed by atoms with van der Waals surface area (Å²) in [6, 6.07) is 0.333. The summed E-state index contributed by atoms with van der Waals surface area (Å²) in [7, 11) is 1.78. The van der Waals surface area contributed by atoms with E-state index >= 15 is 0 Å². The van der Waals surface area contributed by atoms with Gasteiger partial charge in [-0.3, -0.25) is 4.57 Å². The zero-order valence-corrected chi connectivity index (χ0v) is 10.8. The SMILES string of the molecule is Cn1cnc([N+](=O)[O-])c1NC1CCCCCCC1. The zero-order chi connectivity index (χ0) is 13.0. The van der Waals surface area contributed by atoms with Crippen molar-refractivity contribution in [1.82, 2.24) is 9.55 Å². The molecule has 1 fully saturated rings. The summed E-state index contributed by atoms with van der Waals surface area (Å²) in [5.74, 6) is 0.463. The van der Waals surface area contributed by atoms with Gasteiger partial charge in [0.1, 0.15) is 0 Å². The molecule has 2 rings (SSSR count). The number of nitro groups is 1. The van der Waals surface area contributed by atoms with Gasteiger partial charge in [-0.05, 0) is 22.7 Å². The second-order valence-electron chi connectivity index (χ2n) is 4.97. The van der Waals surface area contributed by atoms with Gasteiger partial charge in [0.15, 0.2) is 0 Å². The molecule has 1 heterocycles. The number of aryl methyl sites for hydroxylation is 1. The van der Waals surface area contributed by atoms with E-state index in [9.17, 15) is 10.1 Å². The fraction of sp³-hybridized carbons (Fsp3) is 0.750. The Bertz CT molecular complexity index is 408. The zero-order valence-electron chi connectivity index (χ0n) is 10.8. The standard InChI is InChI=1S/C12H20N4O2/c1-15-9-13-11(16(17)18)12(15)14-10-7-5-3-2-4-6-8-10/h9-10,14H,2-8H2,1H3. The molecule has 0 spiro atoms. The van der Waals surface area contributed by atoms with Gasteiger partial charge in [0.05, 0.1) is 0 Å². The summed E-state index contributed by atoms with van der Waals surface area (Å²) in [5.41, 5.74) is 0. The summed E-state index contributed by atoms with van der Waals surface area (Å²) in [5, 5.41) is 14.2. The summed E-state index contributed by atoms with van der Waals surface area (Å²) in [6.45, 7) is 0. The summed E-state index contributed by atoms with van der Waals surface area (Å²) in [6.07, 6.45) is 9.91. The van der Waals surface area contributed by atoms with E-state index in [1.807, 2.05) is 0 Å². The molecular formula is C12H20N4O2. The molecule has 0 bridgehead atoms. The molecular weight excluding hydrogens is 232 g/mol. The smallest absolute Gasteiger partial charge is 0.362 e. The summed E-state index contributed by atoms with van der Waals surface area (Å²) < 4.78 is 1.69. The number of rotatable bonds is 3. The van der Waals surface area contributed by atoms with Gasteiger partial charge >= 0.3 is 5.82 Å². The molecule has 1 aromatic heterocycles. The lowest BCUT2D eigenvalue weighted by Crippen LogP contribution is -2.22. The number of anilines is 1. The molecule has 1 N–H and O–H groups in total. The third-order valence-corrected chi connectivity index (χ3v) is 3.54. The largest absolute Gasteiger partial charge is 0.406 e. The van der Waals surface area contributed by atoms with Gasteiger partial charge in [0.2, 0.25) is 12.1 Å². The molecule has 1 aliphatic carbocycles. The molecule has 6 nitrogen and oxygen atoms in total. The van der Waals surface area contributed by atoms with Crippen LogP contribution in [0.4, 0.5) is 11.6 Å². The molecule has 0 atom stereocenters. The molecule has 0 amide bonds. The highest BCUT2D eigenvalue weighted by Crippen LogP contribution is 2.25. The number of hydrogen-bond donors (Lipinski definition) is 1. The quantitative estimate of drug-likeness (QED) is 0.663. The molecule has 0 unspecified atom stereocenters. The molecule has 0 aliphatic heterocycles. The number of imidazole rings is 1. The van der Waals surface area contributed by atoms with Crippen molar-refractivity contribution >= 4 is 11.6 Å². The van der Waals surface area contributed by atoms with Crippen LogP contribution < -0.4 is 5.32 Å². The highest BCUT2D eigenvalue weighted by molar-refractivity contribution is 5.52. The van der Waals surface area contributed by atoms with Crippen LogP contribution in [-0.2, 0) is 7.05 Å². The Morgan fingerprint density at radius 3 is 2.56 bits per heavy atom. The van der Waals surface area contributed by atoms with E-state index in [0.717, 1.165) is 12.8 Å². The number of hydrogen-bond acceptors (Lipinski definition) is 4. The maximum absolute atomic E-state index is 10.9. The number of nitrogens with one attached hydrogen (secondary N) is 1. The average molecular weight is 252 g/mol. The lowest BCUT2D eigenvalue weighted by atomic mass is 9.97. The van der Waals surface area contributed by atoms with Crippen LogP contribution in [0, 0.1) is 10.1 Å². The first-order valence-electron chi connectivity index (χ1n) is 6.60. The first-order chi connectivity index (χ1) is 8.68. The number of aromatic nitrogens is 2. The molecule has 100 valence electrons. The van der Waals surface area contributed by atoms with E-state index < -0.39 is 4.92 Å². The van der Waals surface area contributed by atoms with Crippen molar-refractivity contribution in [2.24, 2.45) is 7.05 Å². The minimum atomic E-state index is -0.425.